The Morgan fingerprint density at radius 3 is 2.18 bits per heavy atom. The molecule has 0 aliphatic carbocycles. The van der Waals surface area contributed by atoms with Gasteiger partial charge in [-0.15, -0.1) is 0 Å². The van der Waals surface area contributed by atoms with Crippen LogP contribution < -0.4 is 4.74 Å². The number of hydrogen-bond donors (Lipinski definition) is 1. The van der Waals surface area contributed by atoms with Crippen molar-refractivity contribution in [3.8, 4) is 11.5 Å². The van der Waals surface area contributed by atoms with Crippen molar-refractivity contribution in [1.82, 2.24) is 0 Å². The number of phenols is 1. The molecule has 0 aliphatic heterocycles. The van der Waals surface area contributed by atoms with Crippen molar-refractivity contribution in [3.63, 3.8) is 0 Å². The molecule has 0 aromatic heterocycles. The third-order valence-corrected chi connectivity index (χ3v) is 2.88. The van der Waals surface area contributed by atoms with Gasteiger partial charge in [-0.1, -0.05) is 34.6 Å². The van der Waals surface area contributed by atoms with Crippen molar-refractivity contribution in [1.29, 1.82) is 0 Å². The zero-order chi connectivity index (χ0) is 13.3. The molecule has 1 aromatic carbocycles. The van der Waals surface area contributed by atoms with Crippen LogP contribution in [-0.2, 0) is 5.41 Å². The molecule has 1 rings (SSSR count). The van der Waals surface area contributed by atoms with E-state index in [1.807, 2.05) is 12.1 Å². The summed E-state index contributed by atoms with van der Waals surface area (Å²) in [5, 5.41) is 9.64. The average molecular weight is 236 g/mol. The molecular weight excluding hydrogens is 212 g/mol. The summed E-state index contributed by atoms with van der Waals surface area (Å²) in [6, 6.07) is 5.30. The fourth-order valence-corrected chi connectivity index (χ4v) is 2.65. The zero-order valence-corrected chi connectivity index (χ0v) is 11.8. The van der Waals surface area contributed by atoms with Crippen LogP contribution in [0, 0.1) is 5.41 Å². The van der Waals surface area contributed by atoms with E-state index in [1.54, 1.807) is 13.2 Å². The molecule has 0 amide bonds. The van der Waals surface area contributed by atoms with Crippen LogP contribution in [0.25, 0.3) is 0 Å². The Morgan fingerprint density at radius 2 is 1.71 bits per heavy atom. The molecule has 2 heteroatoms. The predicted molar refractivity (Wildman–Crippen MR) is 71.8 cm³/mol. The number of hydrogen-bond acceptors (Lipinski definition) is 2. The molecule has 17 heavy (non-hydrogen) atoms. The second kappa shape index (κ2) is 4.59. The molecule has 1 N–H and O–H groups in total. The molecule has 0 spiro atoms. The molecule has 0 saturated heterocycles. The number of ether oxygens (including phenoxy) is 1. The summed E-state index contributed by atoms with van der Waals surface area (Å²) in [6.07, 6.45) is 1.03. The van der Waals surface area contributed by atoms with Crippen LogP contribution in [-0.4, -0.2) is 12.2 Å². The zero-order valence-electron chi connectivity index (χ0n) is 11.8. The van der Waals surface area contributed by atoms with Crippen molar-refractivity contribution in [2.45, 2.75) is 46.5 Å². The monoisotopic (exact) mass is 236 g/mol. The minimum Gasteiger partial charge on any atom is -0.508 e. The Balaban J connectivity index is 3.17. The Morgan fingerprint density at radius 1 is 1.12 bits per heavy atom. The molecule has 0 radical (unpaired) electrons. The highest BCUT2D eigenvalue weighted by atomic mass is 16.5. The number of phenolic OH excluding ortho intramolecular Hbond substituents is 1. The van der Waals surface area contributed by atoms with E-state index >= 15 is 0 Å². The first-order valence-corrected chi connectivity index (χ1v) is 6.03. The fourth-order valence-electron chi connectivity index (χ4n) is 2.65. The van der Waals surface area contributed by atoms with Gasteiger partial charge in [0.05, 0.1) is 7.11 Å². The molecule has 0 fully saturated rings. The molecule has 0 heterocycles. The first-order chi connectivity index (χ1) is 7.65. The lowest BCUT2D eigenvalue weighted by Gasteiger charge is -2.33. The van der Waals surface area contributed by atoms with Crippen LogP contribution in [0.2, 0.25) is 0 Å². The van der Waals surface area contributed by atoms with Gasteiger partial charge in [-0.25, -0.2) is 0 Å². The van der Waals surface area contributed by atoms with E-state index in [1.165, 1.54) is 0 Å². The van der Waals surface area contributed by atoms with Crippen molar-refractivity contribution >= 4 is 0 Å². The van der Waals surface area contributed by atoms with Crippen molar-refractivity contribution < 1.29 is 9.84 Å². The number of benzene rings is 1. The Hall–Kier alpha value is -1.18. The lowest BCUT2D eigenvalue weighted by molar-refractivity contribution is 0.276. The quantitative estimate of drug-likeness (QED) is 0.855. The smallest absolute Gasteiger partial charge is 0.122 e. The molecule has 96 valence electrons. The van der Waals surface area contributed by atoms with Crippen molar-refractivity contribution in [2.75, 3.05) is 7.11 Å². The van der Waals surface area contributed by atoms with Crippen LogP contribution in [0.15, 0.2) is 18.2 Å². The van der Waals surface area contributed by atoms with Gasteiger partial charge in [0.25, 0.3) is 0 Å². The molecule has 1 aromatic rings. The summed E-state index contributed by atoms with van der Waals surface area (Å²) in [7, 11) is 1.67. The maximum atomic E-state index is 9.64. The minimum absolute atomic E-state index is 0.0255. The van der Waals surface area contributed by atoms with Gasteiger partial charge in [0, 0.05) is 5.56 Å². The van der Waals surface area contributed by atoms with E-state index in [4.69, 9.17) is 4.74 Å². The van der Waals surface area contributed by atoms with Gasteiger partial charge in [0.1, 0.15) is 11.5 Å². The highest BCUT2D eigenvalue weighted by Gasteiger charge is 2.30. The van der Waals surface area contributed by atoms with Crippen LogP contribution in [0.1, 0.15) is 46.6 Å². The third kappa shape index (κ3) is 3.65. The number of aromatic hydroxyl groups is 1. The first-order valence-electron chi connectivity index (χ1n) is 6.03. The van der Waals surface area contributed by atoms with E-state index in [0.29, 0.717) is 5.75 Å². The lowest BCUT2D eigenvalue weighted by atomic mass is 9.72. The second-order valence-electron chi connectivity index (χ2n) is 6.51. The third-order valence-electron chi connectivity index (χ3n) is 2.88. The number of rotatable bonds is 3. The summed E-state index contributed by atoms with van der Waals surface area (Å²) in [5.74, 6) is 1.14. The highest BCUT2D eigenvalue weighted by molar-refractivity contribution is 5.44. The fraction of sp³-hybridized carbons (Fsp3) is 0.600. The summed E-state index contributed by atoms with van der Waals surface area (Å²) in [4.78, 5) is 0. The summed E-state index contributed by atoms with van der Waals surface area (Å²) in [6.45, 7) is 11.1. The molecule has 0 saturated carbocycles. The van der Waals surface area contributed by atoms with E-state index in [2.05, 4.69) is 34.6 Å². The minimum atomic E-state index is -0.0255. The van der Waals surface area contributed by atoms with E-state index < -0.39 is 0 Å². The average Bonchev–Trinajstić information content (AvgIpc) is 2.14. The molecular formula is C15H24O2. The first kappa shape index (κ1) is 13.9. The largest absolute Gasteiger partial charge is 0.508 e. The van der Waals surface area contributed by atoms with Gasteiger partial charge >= 0.3 is 0 Å². The van der Waals surface area contributed by atoms with E-state index in [0.717, 1.165) is 17.7 Å². The van der Waals surface area contributed by atoms with Crippen LogP contribution in [0.5, 0.6) is 11.5 Å². The standard InChI is InChI=1S/C15H24O2/c1-14(2,3)10-15(4,5)12-9-11(16)7-8-13(12)17-6/h7-9,16H,10H2,1-6H3. The van der Waals surface area contributed by atoms with Gasteiger partial charge in [-0.3, -0.25) is 0 Å². The maximum Gasteiger partial charge on any atom is 0.122 e. The Bertz CT molecular complexity index is 386. The van der Waals surface area contributed by atoms with Gasteiger partial charge in [-0.2, -0.15) is 0 Å². The highest BCUT2D eigenvalue weighted by Crippen LogP contribution is 2.41. The van der Waals surface area contributed by atoms with Gasteiger partial charge in [-0.05, 0) is 35.4 Å². The van der Waals surface area contributed by atoms with Gasteiger partial charge < -0.3 is 9.84 Å². The normalized spacial score (nSPS) is 12.6. The molecule has 0 bridgehead atoms. The molecule has 0 aliphatic rings. The second-order valence-corrected chi connectivity index (χ2v) is 6.51. The van der Waals surface area contributed by atoms with E-state index in [-0.39, 0.29) is 10.8 Å². The Labute approximate surface area is 105 Å². The van der Waals surface area contributed by atoms with Crippen LogP contribution in [0.3, 0.4) is 0 Å². The van der Waals surface area contributed by atoms with Gasteiger partial charge in [0.2, 0.25) is 0 Å². The van der Waals surface area contributed by atoms with Crippen molar-refractivity contribution in [3.05, 3.63) is 23.8 Å². The van der Waals surface area contributed by atoms with E-state index in [9.17, 15) is 5.11 Å². The van der Waals surface area contributed by atoms with Crippen LogP contribution in [0.4, 0.5) is 0 Å². The SMILES string of the molecule is COc1ccc(O)cc1C(C)(C)CC(C)(C)C. The summed E-state index contributed by atoms with van der Waals surface area (Å²) < 4.78 is 5.39. The van der Waals surface area contributed by atoms with Gasteiger partial charge in [0.15, 0.2) is 0 Å². The molecule has 0 atom stereocenters. The predicted octanol–water partition coefficient (Wildman–Crippen LogP) is 4.11. The Kier molecular flexibility index (Phi) is 3.75. The lowest BCUT2D eigenvalue weighted by Crippen LogP contribution is -2.25. The van der Waals surface area contributed by atoms with Crippen molar-refractivity contribution in [2.24, 2.45) is 5.41 Å². The summed E-state index contributed by atoms with van der Waals surface area (Å²) >= 11 is 0. The summed E-state index contributed by atoms with van der Waals surface area (Å²) in [5.41, 5.74) is 1.28. The maximum absolute atomic E-state index is 9.64. The topological polar surface area (TPSA) is 29.5 Å². The van der Waals surface area contributed by atoms with Crippen LogP contribution >= 0.6 is 0 Å². The number of methoxy groups -OCH3 is 1. The molecule has 2 nitrogen and oxygen atoms in total. The molecule has 0 unspecified atom stereocenters.